The molecule has 11 rings (SSSR count). The second-order valence-electron chi connectivity index (χ2n) is 22.4. The van der Waals surface area contributed by atoms with E-state index >= 15 is 0 Å². The van der Waals surface area contributed by atoms with Crippen molar-refractivity contribution in [3.8, 4) is 16.9 Å². The number of aryl methyl sites for hydroxylation is 1. The van der Waals surface area contributed by atoms with E-state index in [1.54, 1.807) is 0 Å². The van der Waals surface area contributed by atoms with E-state index in [0.717, 1.165) is 120 Å². The number of amides is 3. The molecule has 1 unspecified atom stereocenters. The fourth-order valence-corrected chi connectivity index (χ4v) is 12.6. The monoisotopic (exact) mass is 1070 g/mol. The predicted molar refractivity (Wildman–Crippen MR) is 307 cm³/mol. The van der Waals surface area contributed by atoms with Crippen LogP contribution in [-0.4, -0.2) is 124 Å². The average molecular weight is 1070 g/mol. The van der Waals surface area contributed by atoms with Gasteiger partial charge in [0.05, 0.1) is 34.0 Å². The number of nitrogens with zero attached hydrogens (tertiary/aromatic N) is 8. The van der Waals surface area contributed by atoms with E-state index in [9.17, 15) is 19.2 Å². The molecule has 17 heteroatoms. The van der Waals surface area contributed by atoms with Gasteiger partial charge in [-0.15, -0.1) is 0 Å². The quantitative estimate of drug-likeness (QED) is 0.0567. The topological polar surface area (TPSA) is 167 Å². The fraction of sp³-hybridized carbons (Fsp3) is 0.426. The number of likely N-dealkylation sites (tertiary alicyclic amines) is 1. The summed E-state index contributed by atoms with van der Waals surface area (Å²) in [5.41, 5.74) is 8.41. The molecule has 0 radical (unpaired) electrons. The Morgan fingerprint density at radius 3 is 2.41 bits per heavy atom. The summed E-state index contributed by atoms with van der Waals surface area (Å²) in [6.07, 6.45) is 5.97. The lowest BCUT2D eigenvalue weighted by Crippen LogP contribution is -2.49. The molecule has 7 aromatic rings. The number of thiazole rings is 1. The molecule has 4 aromatic carbocycles. The first kappa shape index (κ1) is 52.8. The van der Waals surface area contributed by atoms with Gasteiger partial charge in [-0.3, -0.25) is 34.6 Å². The first-order chi connectivity index (χ1) is 37.7. The number of imide groups is 1. The molecule has 0 bridgehead atoms. The molecule has 1 atom stereocenters. The highest BCUT2D eigenvalue weighted by atomic mass is 32.1. The Morgan fingerprint density at radius 2 is 1.62 bits per heavy atom. The molecular weight excluding hydrogens is 1000 g/mol. The zero-order valence-corrected chi connectivity index (χ0v) is 46.3. The van der Waals surface area contributed by atoms with Crippen LogP contribution in [0.5, 0.6) is 5.75 Å². The minimum Gasteiger partial charge on any atom is -0.493 e. The molecule has 7 heterocycles. The molecule has 0 saturated carbocycles. The zero-order valence-electron chi connectivity index (χ0n) is 45.5. The van der Waals surface area contributed by atoms with Crippen LogP contribution in [0.25, 0.3) is 32.2 Å². The van der Waals surface area contributed by atoms with Crippen LogP contribution in [0.15, 0.2) is 91.0 Å². The number of nitrogens with one attached hydrogen (secondary N) is 2. The molecule has 16 nitrogen and oxygen atoms in total. The van der Waals surface area contributed by atoms with Crippen LogP contribution in [0.2, 0.25) is 0 Å². The SMILES string of the molecule is Cc1c(OCCCCN2CCC(CN3CCN(c4ccc5c(C6CCC(=O)NC6=O)nn(C)c5c4)CC3)CC2)cccc1-c1ccc(N2CCc3cccc(C(=O)Nc4nc5ccccc5s4)c3C2)nc1C(=O)OC(C)(C)C. The van der Waals surface area contributed by atoms with E-state index < -0.39 is 17.5 Å². The van der Waals surface area contributed by atoms with Crippen molar-refractivity contribution in [2.75, 3.05) is 80.6 Å². The largest absolute Gasteiger partial charge is 0.493 e. The summed E-state index contributed by atoms with van der Waals surface area (Å²) in [6.45, 7) is 17.8. The second kappa shape index (κ2) is 22.6. The Balaban J connectivity index is 0.657. The van der Waals surface area contributed by atoms with E-state index in [1.807, 2.05) is 106 Å². The summed E-state index contributed by atoms with van der Waals surface area (Å²) < 4.78 is 15.3. The highest BCUT2D eigenvalue weighted by Crippen LogP contribution is 2.37. The summed E-state index contributed by atoms with van der Waals surface area (Å²) in [7, 11) is 1.93. The van der Waals surface area contributed by atoms with Crippen molar-refractivity contribution in [1.82, 2.24) is 34.9 Å². The van der Waals surface area contributed by atoms with Crippen LogP contribution in [0.1, 0.15) is 108 Å². The van der Waals surface area contributed by atoms with E-state index in [1.165, 1.54) is 29.9 Å². The second-order valence-corrected chi connectivity index (χ2v) is 23.4. The summed E-state index contributed by atoms with van der Waals surface area (Å²) >= 11 is 1.45. The number of unbranched alkanes of at least 4 members (excludes halogenated alkanes) is 1. The average Bonchev–Trinajstić information content (AvgIpc) is 4.04. The number of carbonyl (C=O) groups is 4. The summed E-state index contributed by atoms with van der Waals surface area (Å²) in [6, 6.07) is 30.1. The number of hydrogen-bond donors (Lipinski definition) is 2. The molecule has 4 aliphatic rings. The Hall–Kier alpha value is -7.21. The number of rotatable bonds is 15. The third-order valence-electron chi connectivity index (χ3n) is 15.9. The predicted octanol–water partition coefficient (Wildman–Crippen LogP) is 9.54. The number of pyridine rings is 1. The normalized spacial score (nSPS) is 17.8. The molecule has 0 spiro atoms. The lowest BCUT2D eigenvalue weighted by Gasteiger charge is -2.39. The van der Waals surface area contributed by atoms with Crippen LogP contribution < -0.4 is 25.2 Å². The van der Waals surface area contributed by atoms with Gasteiger partial charge < -0.3 is 24.2 Å². The number of piperidine rings is 2. The van der Waals surface area contributed by atoms with Crippen molar-refractivity contribution >= 4 is 72.8 Å². The van der Waals surface area contributed by atoms with Gasteiger partial charge in [-0.05, 0) is 169 Å². The number of aromatic nitrogens is 4. The summed E-state index contributed by atoms with van der Waals surface area (Å²) in [4.78, 5) is 71.8. The Morgan fingerprint density at radius 1 is 0.808 bits per heavy atom. The van der Waals surface area contributed by atoms with E-state index in [4.69, 9.17) is 19.6 Å². The molecule has 2 N–H and O–H groups in total. The van der Waals surface area contributed by atoms with Crippen LogP contribution >= 0.6 is 11.3 Å². The fourth-order valence-electron chi connectivity index (χ4n) is 11.7. The molecule has 3 fully saturated rings. The first-order valence-electron chi connectivity index (χ1n) is 27.7. The molecule has 0 aliphatic carbocycles. The number of carbonyl (C=O) groups excluding carboxylic acids is 4. The van der Waals surface area contributed by atoms with Crippen molar-refractivity contribution in [2.45, 2.75) is 90.7 Å². The van der Waals surface area contributed by atoms with Gasteiger partial charge in [0.2, 0.25) is 11.8 Å². The number of fused-ring (bicyclic) bond motifs is 3. The van der Waals surface area contributed by atoms with Gasteiger partial charge in [0.1, 0.15) is 17.2 Å². The first-order valence-corrected chi connectivity index (χ1v) is 28.5. The molecule has 406 valence electrons. The van der Waals surface area contributed by atoms with E-state index in [2.05, 4.69) is 59.5 Å². The van der Waals surface area contributed by atoms with Crippen molar-refractivity contribution in [2.24, 2.45) is 13.0 Å². The third kappa shape index (κ3) is 11.6. The van der Waals surface area contributed by atoms with Crippen LogP contribution in [-0.2, 0) is 34.3 Å². The maximum absolute atomic E-state index is 14.1. The van der Waals surface area contributed by atoms with Gasteiger partial charge in [0.15, 0.2) is 10.8 Å². The number of esters is 1. The highest BCUT2D eigenvalue weighted by molar-refractivity contribution is 7.22. The molecule has 3 saturated heterocycles. The van der Waals surface area contributed by atoms with E-state index in [0.29, 0.717) is 67.0 Å². The van der Waals surface area contributed by atoms with Gasteiger partial charge in [-0.1, -0.05) is 47.7 Å². The zero-order chi connectivity index (χ0) is 54.1. The number of para-hydroxylation sites is 1. The molecule has 78 heavy (non-hydrogen) atoms. The number of piperazine rings is 1. The summed E-state index contributed by atoms with van der Waals surface area (Å²) in [5, 5.41) is 11.8. The Kier molecular flexibility index (Phi) is 15.3. The third-order valence-corrected chi connectivity index (χ3v) is 16.9. The van der Waals surface area contributed by atoms with Gasteiger partial charge >= 0.3 is 5.97 Å². The van der Waals surface area contributed by atoms with Gasteiger partial charge in [-0.2, -0.15) is 5.10 Å². The van der Waals surface area contributed by atoms with Gasteiger partial charge in [0.25, 0.3) is 5.91 Å². The maximum Gasteiger partial charge on any atom is 0.358 e. The van der Waals surface area contributed by atoms with Crippen molar-refractivity contribution in [3.63, 3.8) is 0 Å². The lowest BCUT2D eigenvalue weighted by molar-refractivity contribution is -0.134. The highest BCUT2D eigenvalue weighted by Gasteiger charge is 2.33. The Labute approximate surface area is 460 Å². The van der Waals surface area contributed by atoms with Crippen molar-refractivity contribution in [3.05, 3.63) is 125 Å². The number of hydrogen-bond acceptors (Lipinski definition) is 14. The van der Waals surface area contributed by atoms with Crippen molar-refractivity contribution in [1.29, 1.82) is 0 Å². The number of benzene rings is 4. The molecule has 4 aliphatic heterocycles. The van der Waals surface area contributed by atoms with E-state index in [-0.39, 0.29) is 23.4 Å². The van der Waals surface area contributed by atoms with Crippen LogP contribution in [0.3, 0.4) is 0 Å². The molecular formula is C61H70N10O6S. The van der Waals surface area contributed by atoms with Gasteiger partial charge in [0, 0.05) is 81.5 Å². The number of ether oxygens (including phenoxy) is 2. The van der Waals surface area contributed by atoms with Gasteiger partial charge in [-0.25, -0.2) is 14.8 Å². The van der Waals surface area contributed by atoms with Crippen LogP contribution in [0, 0.1) is 12.8 Å². The summed E-state index contributed by atoms with van der Waals surface area (Å²) in [5.74, 6) is 0.555. The number of anilines is 3. The molecule has 3 aromatic heterocycles. The van der Waals surface area contributed by atoms with Crippen molar-refractivity contribution < 1.29 is 28.7 Å². The Bertz CT molecular complexity index is 3350. The lowest BCUT2D eigenvalue weighted by atomic mass is 9.93. The minimum absolute atomic E-state index is 0.206. The standard InChI is InChI=1S/C61H70N10O6S/c1-39-43(44-20-22-53(63-56(44)59(75)77-61(2,3)4)71-30-26-41-12-10-14-45(48(41)38-71)57(73)65-60-62-49-15-6-7-17-52(49)78-60)13-11-16-51(39)76-35-9-8-27-68-28-24-40(25-29-68)37-69-31-33-70(34-32-69)42-18-19-46-50(36-42)67(5)66-55(46)47-21-23-54(72)64-58(47)74/h6-7,10-20,22,36,40,47H,8-9,21,23-35,37-38H2,1-5H3,(H,62,65,73)(H,64,72,74). The molecule has 3 amide bonds. The van der Waals surface area contributed by atoms with Crippen LogP contribution in [0.4, 0.5) is 16.6 Å². The minimum atomic E-state index is -0.731. The smallest absolute Gasteiger partial charge is 0.358 e. The maximum atomic E-state index is 14.1.